The Balaban J connectivity index is 2.18. The number of halogens is 2. The number of aryl methyl sites for hydroxylation is 1. The summed E-state index contributed by atoms with van der Waals surface area (Å²) in [6, 6.07) is 5.24. The number of alkyl halides is 1. The van der Waals surface area contributed by atoms with Gasteiger partial charge in [-0.3, -0.25) is 4.79 Å². The molecule has 1 aliphatic rings. The van der Waals surface area contributed by atoms with E-state index in [1.54, 1.807) is 12.1 Å². The molecule has 1 atom stereocenters. The summed E-state index contributed by atoms with van der Waals surface area (Å²) in [6.07, 6.45) is -0.156. The number of carboxylic acids is 1. The molecule has 0 spiro atoms. The van der Waals surface area contributed by atoms with Crippen LogP contribution in [0.15, 0.2) is 18.2 Å². The zero-order valence-electron chi connectivity index (χ0n) is 10.3. The number of amides is 1. The molecule has 0 aliphatic carbocycles. The highest BCUT2D eigenvalue weighted by Crippen LogP contribution is 2.27. The highest BCUT2D eigenvalue weighted by molar-refractivity contribution is 14.1. The highest BCUT2D eigenvalue weighted by atomic mass is 127. The fourth-order valence-corrected chi connectivity index (χ4v) is 2.54. The summed E-state index contributed by atoms with van der Waals surface area (Å²) in [7, 11) is 0. The second-order valence-corrected chi connectivity index (χ2v) is 5.87. The molecule has 4 nitrogen and oxygen atoms in total. The Kier molecular flexibility index (Phi) is 3.80. The van der Waals surface area contributed by atoms with Gasteiger partial charge >= 0.3 is 5.97 Å². The first-order valence-corrected chi connectivity index (χ1v) is 6.89. The maximum absolute atomic E-state index is 13.9. The first-order chi connectivity index (χ1) is 8.83. The van der Waals surface area contributed by atoms with Gasteiger partial charge in [0.05, 0.1) is 6.54 Å². The van der Waals surface area contributed by atoms with Crippen molar-refractivity contribution in [1.29, 1.82) is 0 Å². The number of nitrogens with zero attached hydrogens (tertiary/aromatic N) is 1. The molecule has 2 rings (SSSR count). The van der Waals surface area contributed by atoms with Crippen LogP contribution in [0.2, 0.25) is 0 Å². The van der Waals surface area contributed by atoms with Gasteiger partial charge in [-0.1, -0.05) is 6.07 Å². The molecule has 19 heavy (non-hydrogen) atoms. The number of hydrogen-bond acceptors (Lipinski definition) is 2. The number of carboxylic acid groups (broad SMARTS) is 1. The Morgan fingerprint density at radius 1 is 1.47 bits per heavy atom. The zero-order chi connectivity index (χ0) is 14.2. The van der Waals surface area contributed by atoms with Gasteiger partial charge in [-0.05, 0) is 47.2 Å². The minimum Gasteiger partial charge on any atom is -0.479 e. The minimum absolute atomic E-state index is 0.131. The van der Waals surface area contributed by atoms with Crippen LogP contribution in [0.5, 0.6) is 0 Å². The Morgan fingerprint density at radius 3 is 2.68 bits per heavy atom. The van der Waals surface area contributed by atoms with E-state index in [4.69, 9.17) is 5.11 Å². The lowest BCUT2D eigenvalue weighted by Gasteiger charge is -2.18. The van der Waals surface area contributed by atoms with Crippen molar-refractivity contribution in [2.24, 2.45) is 0 Å². The van der Waals surface area contributed by atoms with Crippen molar-refractivity contribution in [3.05, 3.63) is 32.9 Å². The number of likely N-dealkylation sites (tertiary alicyclic amines) is 1. The molecule has 1 aliphatic heterocycles. The van der Waals surface area contributed by atoms with E-state index < -0.39 is 11.6 Å². The summed E-state index contributed by atoms with van der Waals surface area (Å²) in [5, 5.41) is 8.81. The summed E-state index contributed by atoms with van der Waals surface area (Å²) < 4.78 is 14.9. The Morgan fingerprint density at radius 2 is 2.16 bits per heavy atom. The summed E-state index contributed by atoms with van der Waals surface area (Å²) in [6.45, 7) is 1.68. The zero-order valence-corrected chi connectivity index (χ0v) is 12.5. The van der Waals surface area contributed by atoms with E-state index in [9.17, 15) is 14.0 Å². The van der Waals surface area contributed by atoms with Crippen LogP contribution in [0.3, 0.4) is 0 Å². The molecule has 1 unspecified atom stereocenters. The summed E-state index contributed by atoms with van der Waals surface area (Å²) >= 11 is 2.13. The van der Waals surface area contributed by atoms with Crippen molar-refractivity contribution in [3.63, 3.8) is 0 Å². The largest absolute Gasteiger partial charge is 0.479 e. The molecule has 1 fully saturated rings. The Labute approximate surface area is 123 Å². The second-order valence-electron chi connectivity index (χ2n) is 4.71. The van der Waals surface area contributed by atoms with Crippen molar-refractivity contribution < 1.29 is 19.1 Å². The van der Waals surface area contributed by atoms with Gasteiger partial charge < -0.3 is 10.0 Å². The van der Waals surface area contributed by atoms with Gasteiger partial charge in [0.2, 0.25) is 5.67 Å². The van der Waals surface area contributed by atoms with Crippen molar-refractivity contribution in [2.75, 3.05) is 13.1 Å². The van der Waals surface area contributed by atoms with Crippen molar-refractivity contribution in [3.8, 4) is 0 Å². The lowest BCUT2D eigenvalue weighted by molar-refractivity contribution is -0.149. The SMILES string of the molecule is Cc1ccc(C(=O)N2CCC(F)(C(=O)O)C2)cc1I. The smallest absolute Gasteiger partial charge is 0.343 e. The Bertz CT molecular complexity index is 549. The number of rotatable bonds is 2. The summed E-state index contributed by atoms with van der Waals surface area (Å²) in [5.74, 6) is -1.82. The number of aliphatic carboxylic acids is 1. The summed E-state index contributed by atoms with van der Waals surface area (Å²) in [4.78, 5) is 24.3. The minimum atomic E-state index is -2.31. The third kappa shape index (κ3) is 2.72. The van der Waals surface area contributed by atoms with E-state index >= 15 is 0 Å². The van der Waals surface area contributed by atoms with Crippen molar-refractivity contribution in [2.45, 2.75) is 19.0 Å². The first kappa shape index (κ1) is 14.2. The molecule has 1 saturated heterocycles. The average Bonchev–Trinajstić information content (AvgIpc) is 2.76. The van der Waals surface area contributed by atoms with Gasteiger partial charge in [-0.2, -0.15) is 0 Å². The molecule has 1 N–H and O–H groups in total. The number of carbonyl (C=O) groups is 2. The van der Waals surface area contributed by atoms with E-state index in [2.05, 4.69) is 22.6 Å². The maximum Gasteiger partial charge on any atom is 0.343 e. The molecule has 0 bridgehead atoms. The first-order valence-electron chi connectivity index (χ1n) is 5.81. The van der Waals surface area contributed by atoms with E-state index in [0.29, 0.717) is 5.56 Å². The van der Waals surface area contributed by atoms with E-state index in [1.165, 1.54) is 4.90 Å². The number of hydrogen-bond donors (Lipinski definition) is 1. The van der Waals surface area contributed by atoms with Crippen LogP contribution < -0.4 is 0 Å². The molecule has 1 amide bonds. The standard InChI is InChI=1S/C13H13FINO3/c1-8-2-3-9(6-10(8)15)11(17)16-5-4-13(14,7-16)12(18)19/h2-3,6H,4-5,7H2,1H3,(H,18,19). The molecule has 102 valence electrons. The van der Waals surface area contributed by atoms with Crippen LogP contribution in [0, 0.1) is 10.5 Å². The second kappa shape index (κ2) is 5.07. The van der Waals surface area contributed by atoms with E-state index in [0.717, 1.165) is 9.13 Å². The van der Waals surface area contributed by atoms with Gasteiger partial charge in [0.15, 0.2) is 0 Å². The molecule has 0 radical (unpaired) electrons. The third-order valence-electron chi connectivity index (χ3n) is 3.31. The van der Waals surface area contributed by atoms with E-state index in [-0.39, 0.29) is 25.4 Å². The van der Waals surface area contributed by atoms with Gasteiger partial charge in [0.1, 0.15) is 0 Å². The summed E-state index contributed by atoms with van der Waals surface area (Å²) in [5.41, 5.74) is -0.790. The van der Waals surface area contributed by atoms with Gasteiger partial charge in [-0.15, -0.1) is 0 Å². The van der Waals surface area contributed by atoms with Crippen LogP contribution in [0.1, 0.15) is 22.3 Å². The number of benzene rings is 1. The normalized spacial score (nSPS) is 22.6. The number of carbonyl (C=O) groups excluding carboxylic acids is 1. The van der Waals surface area contributed by atoms with Crippen LogP contribution >= 0.6 is 22.6 Å². The topological polar surface area (TPSA) is 57.6 Å². The fourth-order valence-electron chi connectivity index (χ4n) is 2.03. The monoisotopic (exact) mass is 377 g/mol. The van der Waals surface area contributed by atoms with E-state index in [1.807, 2.05) is 13.0 Å². The van der Waals surface area contributed by atoms with Gasteiger partial charge in [-0.25, -0.2) is 9.18 Å². The van der Waals surface area contributed by atoms with Crippen molar-refractivity contribution >= 4 is 34.5 Å². The van der Waals surface area contributed by atoms with Gasteiger partial charge in [0.25, 0.3) is 5.91 Å². The third-order valence-corrected chi connectivity index (χ3v) is 4.47. The molecule has 6 heteroatoms. The van der Waals surface area contributed by atoms with Crippen LogP contribution in [0.4, 0.5) is 4.39 Å². The Hall–Kier alpha value is -1.18. The molecule has 0 saturated carbocycles. The maximum atomic E-state index is 13.9. The predicted octanol–water partition coefficient (Wildman–Crippen LogP) is 2.24. The predicted molar refractivity (Wildman–Crippen MR) is 75.9 cm³/mol. The van der Waals surface area contributed by atoms with Crippen LogP contribution in [-0.4, -0.2) is 40.6 Å². The van der Waals surface area contributed by atoms with Gasteiger partial charge in [0, 0.05) is 22.1 Å². The fraction of sp³-hybridized carbons (Fsp3) is 0.385. The molecule has 1 heterocycles. The lowest BCUT2D eigenvalue weighted by Crippen LogP contribution is -2.38. The molecule has 0 aromatic heterocycles. The lowest BCUT2D eigenvalue weighted by atomic mass is 10.1. The van der Waals surface area contributed by atoms with Crippen molar-refractivity contribution in [1.82, 2.24) is 4.90 Å². The molecule has 1 aromatic carbocycles. The molecular weight excluding hydrogens is 364 g/mol. The quantitative estimate of drug-likeness (QED) is 0.805. The average molecular weight is 377 g/mol. The van der Waals surface area contributed by atoms with Crippen LogP contribution in [-0.2, 0) is 4.79 Å². The molecule has 1 aromatic rings. The van der Waals surface area contributed by atoms with Crippen LogP contribution in [0.25, 0.3) is 0 Å². The highest BCUT2D eigenvalue weighted by Gasteiger charge is 2.46. The molecular formula is C13H13FINO3.